The topological polar surface area (TPSA) is 83.8 Å². The second kappa shape index (κ2) is 4.95. The van der Waals surface area contributed by atoms with E-state index in [4.69, 9.17) is 5.73 Å². The summed E-state index contributed by atoms with van der Waals surface area (Å²) in [5.74, 6) is 0.0315. The average molecular weight is 308 g/mol. The SMILES string of the molecule is Nc1ccc(-c2ccc(-c3ncc[nH]3)c3c2CNC3=O)c(F)c1. The minimum Gasteiger partial charge on any atom is -0.399 e. The Bertz CT molecular complexity index is 919. The lowest BCUT2D eigenvalue weighted by atomic mass is 9.92. The number of hydrogen-bond donors (Lipinski definition) is 3. The first-order valence-corrected chi connectivity index (χ1v) is 7.14. The maximum absolute atomic E-state index is 14.3. The van der Waals surface area contributed by atoms with Crippen LogP contribution in [0.2, 0.25) is 0 Å². The van der Waals surface area contributed by atoms with Gasteiger partial charge in [-0.05, 0) is 35.4 Å². The summed E-state index contributed by atoms with van der Waals surface area (Å²) in [6.45, 7) is 0.363. The lowest BCUT2D eigenvalue weighted by Crippen LogP contribution is -2.13. The van der Waals surface area contributed by atoms with Crippen molar-refractivity contribution in [1.29, 1.82) is 0 Å². The van der Waals surface area contributed by atoms with Crippen LogP contribution in [0, 0.1) is 5.82 Å². The number of aromatic nitrogens is 2. The molecule has 2 aromatic carbocycles. The number of carbonyl (C=O) groups is 1. The highest BCUT2D eigenvalue weighted by molar-refractivity contribution is 6.06. The Morgan fingerprint density at radius 3 is 2.65 bits per heavy atom. The second-order valence-corrected chi connectivity index (χ2v) is 5.37. The molecule has 1 aromatic heterocycles. The van der Waals surface area contributed by atoms with Gasteiger partial charge < -0.3 is 16.0 Å². The molecule has 6 heteroatoms. The van der Waals surface area contributed by atoms with Gasteiger partial charge in [-0.25, -0.2) is 9.37 Å². The Labute approximate surface area is 131 Å². The maximum Gasteiger partial charge on any atom is 0.252 e. The van der Waals surface area contributed by atoms with E-state index in [1.165, 1.54) is 6.07 Å². The molecule has 0 aliphatic carbocycles. The summed E-state index contributed by atoms with van der Waals surface area (Å²) < 4.78 is 14.3. The van der Waals surface area contributed by atoms with Crippen molar-refractivity contribution < 1.29 is 9.18 Å². The van der Waals surface area contributed by atoms with Gasteiger partial charge in [0.15, 0.2) is 0 Å². The molecule has 1 aliphatic heterocycles. The lowest BCUT2D eigenvalue weighted by molar-refractivity contribution is 0.0966. The van der Waals surface area contributed by atoms with Gasteiger partial charge in [0.2, 0.25) is 0 Å². The fourth-order valence-corrected chi connectivity index (χ4v) is 2.96. The Balaban J connectivity index is 1.96. The number of nitrogens with one attached hydrogen (secondary N) is 2. The molecule has 4 rings (SSSR count). The van der Waals surface area contributed by atoms with Crippen molar-refractivity contribution in [3.8, 4) is 22.5 Å². The molecule has 114 valence electrons. The number of nitrogens with zero attached hydrogens (tertiary/aromatic N) is 1. The number of halogens is 1. The number of hydrogen-bond acceptors (Lipinski definition) is 3. The highest BCUT2D eigenvalue weighted by Gasteiger charge is 2.27. The van der Waals surface area contributed by atoms with Crippen molar-refractivity contribution in [1.82, 2.24) is 15.3 Å². The predicted octanol–water partition coefficient (Wildman–Crippen LogP) is 2.71. The maximum atomic E-state index is 14.3. The van der Waals surface area contributed by atoms with E-state index < -0.39 is 5.82 Å². The van der Waals surface area contributed by atoms with Crippen molar-refractivity contribution in [3.63, 3.8) is 0 Å². The summed E-state index contributed by atoms with van der Waals surface area (Å²) in [4.78, 5) is 19.4. The van der Waals surface area contributed by atoms with Crippen molar-refractivity contribution in [2.45, 2.75) is 6.54 Å². The molecule has 0 atom stereocenters. The van der Waals surface area contributed by atoms with Gasteiger partial charge in [0, 0.05) is 35.8 Å². The fourth-order valence-electron chi connectivity index (χ4n) is 2.96. The highest BCUT2D eigenvalue weighted by Crippen LogP contribution is 2.36. The van der Waals surface area contributed by atoms with Crippen molar-refractivity contribution >= 4 is 11.6 Å². The minimum atomic E-state index is -0.405. The largest absolute Gasteiger partial charge is 0.399 e. The normalized spacial score (nSPS) is 13.0. The molecule has 2 heterocycles. The van der Waals surface area contributed by atoms with Crippen LogP contribution in [0.25, 0.3) is 22.5 Å². The molecule has 0 saturated heterocycles. The number of nitrogen functional groups attached to an aromatic ring is 1. The summed E-state index contributed by atoms with van der Waals surface area (Å²) in [5, 5.41) is 2.80. The van der Waals surface area contributed by atoms with E-state index in [-0.39, 0.29) is 5.91 Å². The Kier molecular flexibility index (Phi) is 2.90. The molecule has 0 fully saturated rings. The first kappa shape index (κ1) is 13.5. The number of benzene rings is 2. The van der Waals surface area contributed by atoms with Crippen LogP contribution in [0.4, 0.5) is 10.1 Å². The minimum absolute atomic E-state index is 0.177. The van der Waals surface area contributed by atoms with Gasteiger partial charge in [0.1, 0.15) is 11.6 Å². The van der Waals surface area contributed by atoms with Gasteiger partial charge in [-0.15, -0.1) is 0 Å². The monoisotopic (exact) mass is 308 g/mol. The van der Waals surface area contributed by atoms with Crippen LogP contribution in [-0.2, 0) is 6.54 Å². The summed E-state index contributed by atoms with van der Waals surface area (Å²) in [7, 11) is 0. The molecular formula is C17H13FN4O. The zero-order valence-corrected chi connectivity index (χ0v) is 12.1. The first-order chi connectivity index (χ1) is 11.1. The Morgan fingerprint density at radius 2 is 1.91 bits per heavy atom. The van der Waals surface area contributed by atoms with Gasteiger partial charge in [-0.2, -0.15) is 0 Å². The number of imidazole rings is 1. The number of fused-ring (bicyclic) bond motifs is 1. The number of aromatic amines is 1. The number of H-pyrrole nitrogens is 1. The van der Waals surface area contributed by atoms with Crippen molar-refractivity contribution in [2.75, 3.05) is 5.73 Å². The highest BCUT2D eigenvalue weighted by atomic mass is 19.1. The van der Waals surface area contributed by atoms with E-state index in [0.717, 1.165) is 5.56 Å². The van der Waals surface area contributed by atoms with Gasteiger partial charge in [0.05, 0.1) is 5.56 Å². The zero-order chi connectivity index (χ0) is 16.0. The van der Waals surface area contributed by atoms with Crippen LogP contribution in [0.3, 0.4) is 0 Å². The van der Waals surface area contributed by atoms with Crippen molar-refractivity contribution in [2.24, 2.45) is 0 Å². The van der Waals surface area contributed by atoms with E-state index in [1.807, 2.05) is 6.07 Å². The standard InChI is InChI=1S/C17H13FN4O/c18-14-7-9(19)1-2-11(14)10-3-4-12(16-20-5-6-21-16)15-13(10)8-22-17(15)23/h1-7H,8,19H2,(H,20,21)(H,22,23). The second-order valence-electron chi connectivity index (χ2n) is 5.37. The van der Waals surface area contributed by atoms with E-state index >= 15 is 0 Å². The number of amides is 1. The average Bonchev–Trinajstić information content (AvgIpc) is 3.18. The molecule has 0 unspecified atom stereocenters. The van der Waals surface area contributed by atoms with Crippen LogP contribution in [0.5, 0.6) is 0 Å². The molecule has 0 spiro atoms. The van der Waals surface area contributed by atoms with Crippen molar-refractivity contribution in [3.05, 3.63) is 59.7 Å². The number of nitrogens with two attached hydrogens (primary N) is 1. The Morgan fingerprint density at radius 1 is 1.13 bits per heavy atom. The fraction of sp³-hybridized carbons (Fsp3) is 0.0588. The third kappa shape index (κ3) is 2.07. The summed E-state index contributed by atoms with van der Waals surface area (Å²) in [5.41, 5.74) is 9.10. The number of carbonyl (C=O) groups excluding carboxylic acids is 1. The molecule has 4 N–H and O–H groups in total. The first-order valence-electron chi connectivity index (χ1n) is 7.14. The number of anilines is 1. The summed E-state index contributed by atoms with van der Waals surface area (Å²) in [6.07, 6.45) is 3.32. The molecule has 0 radical (unpaired) electrons. The molecule has 23 heavy (non-hydrogen) atoms. The van der Waals surface area contributed by atoms with Crippen LogP contribution >= 0.6 is 0 Å². The van der Waals surface area contributed by atoms with Gasteiger partial charge in [-0.1, -0.05) is 6.07 Å². The summed E-state index contributed by atoms with van der Waals surface area (Å²) >= 11 is 0. The van der Waals surface area contributed by atoms with Crippen LogP contribution in [0.1, 0.15) is 15.9 Å². The quantitative estimate of drug-likeness (QED) is 0.636. The molecule has 1 aliphatic rings. The smallest absolute Gasteiger partial charge is 0.252 e. The third-order valence-electron chi connectivity index (χ3n) is 4.00. The van der Waals surface area contributed by atoms with Crippen LogP contribution < -0.4 is 11.1 Å². The number of rotatable bonds is 2. The summed E-state index contributed by atoms with van der Waals surface area (Å²) in [6, 6.07) is 8.16. The van der Waals surface area contributed by atoms with E-state index in [9.17, 15) is 9.18 Å². The molecule has 1 amide bonds. The molecule has 3 aromatic rings. The predicted molar refractivity (Wildman–Crippen MR) is 85.0 cm³/mol. The molecule has 0 bridgehead atoms. The molecule has 5 nitrogen and oxygen atoms in total. The van der Waals surface area contributed by atoms with Crippen LogP contribution in [-0.4, -0.2) is 15.9 Å². The third-order valence-corrected chi connectivity index (χ3v) is 4.00. The Hall–Kier alpha value is -3.15. The van der Waals surface area contributed by atoms with E-state index in [1.54, 1.807) is 30.6 Å². The lowest BCUT2D eigenvalue weighted by Gasteiger charge is -2.11. The van der Waals surface area contributed by atoms with E-state index in [0.29, 0.717) is 40.3 Å². The molecular weight excluding hydrogens is 295 g/mol. The van der Waals surface area contributed by atoms with Crippen LogP contribution in [0.15, 0.2) is 42.7 Å². The van der Waals surface area contributed by atoms with Gasteiger partial charge >= 0.3 is 0 Å². The zero-order valence-electron chi connectivity index (χ0n) is 12.1. The molecule has 0 saturated carbocycles. The van der Waals surface area contributed by atoms with Gasteiger partial charge in [0.25, 0.3) is 5.91 Å². The van der Waals surface area contributed by atoms with Gasteiger partial charge in [-0.3, -0.25) is 4.79 Å². The van der Waals surface area contributed by atoms with E-state index in [2.05, 4.69) is 15.3 Å².